The molecule has 1 N–H and O–H groups in total. The molecule has 0 aliphatic heterocycles. The largest absolute Gasteiger partial charge is 0.352 e. The van der Waals surface area contributed by atoms with E-state index in [1.807, 2.05) is 23.2 Å². The molecule has 0 spiro atoms. The van der Waals surface area contributed by atoms with Crippen molar-refractivity contribution in [2.45, 2.75) is 18.6 Å². The van der Waals surface area contributed by atoms with Crippen LogP contribution in [0.2, 0.25) is 0 Å². The molecule has 1 aromatic heterocycles. The highest BCUT2D eigenvalue weighted by Crippen LogP contribution is 2.16. The Balaban J connectivity index is 2.31. The number of halogens is 1. The summed E-state index contributed by atoms with van der Waals surface area (Å²) in [5, 5.41) is 5.43. The van der Waals surface area contributed by atoms with Crippen molar-refractivity contribution in [3.05, 3.63) is 19.9 Å². The van der Waals surface area contributed by atoms with E-state index in [-0.39, 0.29) is 5.91 Å². The first-order valence-electron chi connectivity index (χ1n) is 4.68. The highest BCUT2D eigenvalue weighted by molar-refractivity contribution is 14.1. The fourth-order valence-corrected chi connectivity index (χ4v) is 2.72. The molecular weight excluding hydrogens is 341 g/mol. The maximum Gasteiger partial charge on any atom is 0.252 e. The van der Waals surface area contributed by atoms with Gasteiger partial charge in [0, 0.05) is 17.2 Å². The maximum absolute atomic E-state index is 11.6. The topological polar surface area (TPSA) is 29.1 Å². The second-order valence-corrected chi connectivity index (χ2v) is 7.31. The average Bonchev–Trinajstić information content (AvgIpc) is 2.64. The molecule has 1 atom stereocenters. The van der Waals surface area contributed by atoms with Crippen LogP contribution in [0.15, 0.2) is 11.4 Å². The SMILES string of the molecule is CSC(C)CCNC(=O)c1csc(I)c1. The molecule has 0 aliphatic carbocycles. The first-order valence-corrected chi connectivity index (χ1v) is 7.93. The zero-order valence-corrected chi connectivity index (χ0v) is 12.5. The van der Waals surface area contributed by atoms with Crippen LogP contribution in [-0.2, 0) is 0 Å². The van der Waals surface area contributed by atoms with Crippen LogP contribution in [0.3, 0.4) is 0 Å². The zero-order valence-electron chi connectivity index (χ0n) is 8.75. The number of hydrogen-bond donors (Lipinski definition) is 1. The summed E-state index contributed by atoms with van der Waals surface area (Å²) in [6.07, 6.45) is 3.11. The van der Waals surface area contributed by atoms with Crippen molar-refractivity contribution in [1.82, 2.24) is 5.32 Å². The van der Waals surface area contributed by atoms with Crippen LogP contribution in [0.4, 0.5) is 0 Å². The van der Waals surface area contributed by atoms with Gasteiger partial charge in [0.1, 0.15) is 0 Å². The summed E-state index contributed by atoms with van der Waals surface area (Å²) in [4.78, 5) is 11.6. The van der Waals surface area contributed by atoms with E-state index in [4.69, 9.17) is 0 Å². The number of hydrogen-bond acceptors (Lipinski definition) is 3. The minimum atomic E-state index is 0.0440. The van der Waals surface area contributed by atoms with Crippen molar-refractivity contribution >= 4 is 51.6 Å². The number of thioether (sulfide) groups is 1. The zero-order chi connectivity index (χ0) is 11.3. The molecule has 1 rings (SSSR count). The van der Waals surface area contributed by atoms with Crippen LogP contribution in [0.1, 0.15) is 23.7 Å². The van der Waals surface area contributed by atoms with E-state index < -0.39 is 0 Å². The molecule has 0 aromatic carbocycles. The number of amides is 1. The fourth-order valence-electron chi connectivity index (χ4n) is 1.04. The van der Waals surface area contributed by atoms with E-state index in [0.29, 0.717) is 5.25 Å². The van der Waals surface area contributed by atoms with Gasteiger partial charge in [-0.2, -0.15) is 11.8 Å². The molecule has 5 heteroatoms. The van der Waals surface area contributed by atoms with E-state index in [1.54, 1.807) is 11.3 Å². The monoisotopic (exact) mass is 355 g/mol. The van der Waals surface area contributed by atoms with Gasteiger partial charge >= 0.3 is 0 Å². The van der Waals surface area contributed by atoms with Gasteiger partial charge in [-0.25, -0.2) is 0 Å². The molecule has 0 bridgehead atoms. The standard InChI is InChI=1S/C10H14INOS2/c1-7(14-2)3-4-12-10(13)8-5-9(11)15-6-8/h5-7H,3-4H2,1-2H3,(H,12,13). The summed E-state index contributed by atoms with van der Waals surface area (Å²) in [5.41, 5.74) is 0.779. The molecule has 1 aromatic rings. The minimum Gasteiger partial charge on any atom is -0.352 e. The van der Waals surface area contributed by atoms with E-state index in [2.05, 4.69) is 41.1 Å². The number of carbonyl (C=O) groups is 1. The Bertz CT molecular complexity index is 327. The Labute approximate surface area is 112 Å². The quantitative estimate of drug-likeness (QED) is 0.822. The van der Waals surface area contributed by atoms with Crippen molar-refractivity contribution in [3.63, 3.8) is 0 Å². The summed E-state index contributed by atoms with van der Waals surface area (Å²) < 4.78 is 1.15. The van der Waals surface area contributed by atoms with Gasteiger partial charge < -0.3 is 5.32 Å². The lowest BCUT2D eigenvalue weighted by molar-refractivity contribution is 0.0954. The van der Waals surface area contributed by atoms with Crippen LogP contribution in [-0.4, -0.2) is 24.0 Å². The number of nitrogens with one attached hydrogen (secondary N) is 1. The first kappa shape index (κ1) is 13.3. The van der Waals surface area contributed by atoms with E-state index in [1.165, 1.54) is 0 Å². The lowest BCUT2D eigenvalue weighted by Gasteiger charge is -2.08. The van der Waals surface area contributed by atoms with Crippen molar-refractivity contribution in [2.75, 3.05) is 12.8 Å². The third-order valence-electron chi connectivity index (χ3n) is 2.07. The predicted molar refractivity (Wildman–Crippen MR) is 77.0 cm³/mol. The Hall–Kier alpha value is 0.250. The average molecular weight is 355 g/mol. The lowest BCUT2D eigenvalue weighted by Crippen LogP contribution is -2.25. The molecule has 1 unspecified atom stereocenters. The second kappa shape index (κ2) is 6.75. The van der Waals surface area contributed by atoms with E-state index >= 15 is 0 Å². The van der Waals surface area contributed by atoms with E-state index in [0.717, 1.165) is 21.4 Å². The van der Waals surface area contributed by atoms with Crippen LogP contribution >= 0.6 is 45.7 Å². The lowest BCUT2D eigenvalue weighted by atomic mass is 10.3. The van der Waals surface area contributed by atoms with Crippen molar-refractivity contribution in [3.8, 4) is 0 Å². The highest BCUT2D eigenvalue weighted by atomic mass is 127. The summed E-state index contributed by atoms with van der Waals surface area (Å²) in [5.74, 6) is 0.0440. The summed E-state index contributed by atoms with van der Waals surface area (Å²) in [6, 6.07) is 1.92. The van der Waals surface area contributed by atoms with Gasteiger partial charge in [0.25, 0.3) is 5.91 Å². The number of carbonyl (C=O) groups excluding carboxylic acids is 1. The van der Waals surface area contributed by atoms with Crippen molar-refractivity contribution in [2.24, 2.45) is 0 Å². The van der Waals surface area contributed by atoms with Crippen LogP contribution < -0.4 is 5.32 Å². The molecule has 0 saturated heterocycles. The molecule has 84 valence electrons. The van der Waals surface area contributed by atoms with Gasteiger partial charge in [0.2, 0.25) is 0 Å². The molecule has 0 aliphatic rings. The first-order chi connectivity index (χ1) is 7.13. The van der Waals surface area contributed by atoms with Gasteiger partial charge in [0.15, 0.2) is 0 Å². The van der Waals surface area contributed by atoms with Crippen LogP contribution in [0, 0.1) is 2.88 Å². The third-order valence-corrected chi connectivity index (χ3v) is 4.90. The normalized spacial score (nSPS) is 12.5. The Kier molecular flexibility index (Phi) is 5.99. The number of thiophene rings is 1. The molecule has 0 saturated carbocycles. The van der Waals surface area contributed by atoms with Gasteiger partial charge in [-0.3, -0.25) is 4.79 Å². The summed E-state index contributed by atoms with van der Waals surface area (Å²) >= 11 is 5.65. The predicted octanol–water partition coefficient (Wildman–Crippen LogP) is 3.22. The summed E-state index contributed by atoms with van der Waals surface area (Å²) in [6.45, 7) is 2.93. The van der Waals surface area contributed by atoms with Crippen molar-refractivity contribution < 1.29 is 4.79 Å². The van der Waals surface area contributed by atoms with Gasteiger partial charge in [0.05, 0.1) is 8.45 Å². The van der Waals surface area contributed by atoms with Gasteiger partial charge in [-0.15, -0.1) is 11.3 Å². The van der Waals surface area contributed by atoms with Gasteiger partial charge in [-0.1, -0.05) is 6.92 Å². The van der Waals surface area contributed by atoms with Crippen LogP contribution in [0.5, 0.6) is 0 Å². The molecule has 0 radical (unpaired) electrons. The summed E-state index contributed by atoms with van der Waals surface area (Å²) in [7, 11) is 0. The van der Waals surface area contributed by atoms with Crippen LogP contribution in [0.25, 0.3) is 0 Å². The molecule has 1 heterocycles. The maximum atomic E-state index is 11.6. The fraction of sp³-hybridized carbons (Fsp3) is 0.500. The number of rotatable bonds is 5. The molecular formula is C10H14INOS2. The highest BCUT2D eigenvalue weighted by Gasteiger charge is 2.07. The minimum absolute atomic E-state index is 0.0440. The van der Waals surface area contributed by atoms with E-state index in [9.17, 15) is 4.79 Å². The third kappa shape index (κ3) is 4.74. The van der Waals surface area contributed by atoms with Crippen molar-refractivity contribution in [1.29, 1.82) is 0 Å². The molecule has 0 fully saturated rings. The molecule has 1 amide bonds. The second-order valence-electron chi connectivity index (χ2n) is 3.23. The Morgan fingerprint density at radius 2 is 2.47 bits per heavy atom. The Morgan fingerprint density at radius 3 is 3.00 bits per heavy atom. The smallest absolute Gasteiger partial charge is 0.252 e. The molecule has 15 heavy (non-hydrogen) atoms. The van der Waals surface area contributed by atoms with Gasteiger partial charge in [-0.05, 0) is 41.3 Å². The Morgan fingerprint density at radius 1 is 1.73 bits per heavy atom. The molecule has 2 nitrogen and oxygen atoms in total.